The lowest BCUT2D eigenvalue weighted by molar-refractivity contribution is 0.415. The lowest BCUT2D eigenvalue weighted by Gasteiger charge is -1.99. The summed E-state index contributed by atoms with van der Waals surface area (Å²) in [4.78, 5) is 8.34. The summed E-state index contributed by atoms with van der Waals surface area (Å²) in [6.45, 7) is 0. The number of H-pyrrole nitrogens is 1. The van der Waals surface area contributed by atoms with Crippen molar-refractivity contribution in [1.29, 1.82) is 0 Å². The highest BCUT2D eigenvalue weighted by Crippen LogP contribution is 2.32. The fourth-order valence-corrected chi connectivity index (χ4v) is 2.88. The van der Waals surface area contributed by atoms with Crippen LogP contribution in [0.1, 0.15) is 0 Å². The molecule has 3 aromatic rings. The molecule has 2 heterocycles. The summed E-state index contributed by atoms with van der Waals surface area (Å²) in [5, 5.41) is 8.70. The smallest absolute Gasteiger partial charge is 0.171 e. The number of imidazole rings is 1. The zero-order valence-electron chi connectivity index (χ0n) is 10.2. The Bertz CT molecular complexity index is 777. The molecule has 0 saturated heterocycles. The van der Waals surface area contributed by atoms with Gasteiger partial charge in [0.25, 0.3) is 0 Å². The van der Waals surface area contributed by atoms with Crippen molar-refractivity contribution in [2.24, 2.45) is 0 Å². The summed E-state index contributed by atoms with van der Waals surface area (Å²) in [7, 11) is 1.62. The van der Waals surface area contributed by atoms with Crippen LogP contribution in [-0.2, 0) is 0 Å². The van der Waals surface area contributed by atoms with Gasteiger partial charge in [-0.2, -0.15) is 0 Å². The summed E-state index contributed by atoms with van der Waals surface area (Å²) < 4.78 is 5.17. The first-order valence-electron chi connectivity index (χ1n) is 5.56. The van der Waals surface area contributed by atoms with Crippen LogP contribution in [0.15, 0.2) is 34.3 Å². The van der Waals surface area contributed by atoms with Crippen LogP contribution < -0.4 is 4.74 Å². The van der Waals surface area contributed by atoms with E-state index in [-0.39, 0.29) is 10.3 Å². The van der Waals surface area contributed by atoms with Gasteiger partial charge in [0.1, 0.15) is 5.75 Å². The number of nitrogens with one attached hydrogen (secondary N) is 1. The van der Waals surface area contributed by atoms with E-state index in [0.29, 0.717) is 10.1 Å². The minimum Gasteiger partial charge on any atom is -0.497 e. The second-order valence-electron chi connectivity index (χ2n) is 3.85. The lowest BCUT2D eigenvalue weighted by atomic mass is 10.3. The van der Waals surface area contributed by atoms with Gasteiger partial charge in [0.05, 0.1) is 23.0 Å². The van der Waals surface area contributed by atoms with E-state index in [4.69, 9.17) is 27.9 Å². The van der Waals surface area contributed by atoms with Crippen molar-refractivity contribution in [3.63, 3.8) is 0 Å². The van der Waals surface area contributed by atoms with Gasteiger partial charge in [-0.1, -0.05) is 23.2 Å². The van der Waals surface area contributed by atoms with Crippen LogP contribution in [0.25, 0.3) is 11.0 Å². The number of halogens is 2. The number of methoxy groups -OCH3 is 1. The molecule has 0 unspecified atom stereocenters. The fraction of sp³-hybridized carbons (Fsp3) is 0.0833. The predicted molar refractivity (Wildman–Crippen MR) is 78.8 cm³/mol. The zero-order valence-corrected chi connectivity index (χ0v) is 12.6. The Hall–Kier alpha value is -1.50. The number of hydrogen-bond acceptors (Lipinski definition) is 5. The number of nitrogens with zero attached hydrogens (tertiary/aromatic N) is 3. The third kappa shape index (κ3) is 2.67. The zero-order chi connectivity index (χ0) is 14.1. The Kier molecular flexibility index (Phi) is 3.69. The van der Waals surface area contributed by atoms with Gasteiger partial charge < -0.3 is 9.72 Å². The number of ether oxygens (including phenoxy) is 1. The van der Waals surface area contributed by atoms with E-state index >= 15 is 0 Å². The third-order valence-corrected chi connectivity index (χ3v) is 4.05. The van der Waals surface area contributed by atoms with E-state index < -0.39 is 0 Å². The molecule has 20 heavy (non-hydrogen) atoms. The maximum atomic E-state index is 5.98. The monoisotopic (exact) mass is 326 g/mol. The van der Waals surface area contributed by atoms with Crippen LogP contribution >= 0.6 is 35.0 Å². The molecule has 3 rings (SSSR count). The van der Waals surface area contributed by atoms with E-state index in [0.717, 1.165) is 16.8 Å². The first-order chi connectivity index (χ1) is 9.65. The lowest BCUT2D eigenvalue weighted by Crippen LogP contribution is -1.86. The Labute approximate surface area is 128 Å². The molecule has 0 fully saturated rings. The van der Waals surface area contributed by atoms with Crippen LogP contribution in [-0.4, -0.2) is 27.3 Å². The average Bonchev–Trinajstić information content (AvgIpc) is 2.84. The Morgan fingerprint density at radius 3 is 2.85 bits per heavy atom. The highest BCUT2D eigenvalue weighted by Gasteiger charge is 2.10. The van der Waals surface area contributed by atoms with Crippen LogP contribution in [0, 0.1) is 0 Å². The fourth-order valence-electron chi connectivity index (χ4n) is 1.65. The van der Waals surface area contributed by atoms with E-state index in [9.17, 15) is 0 Å². The first kappa shape index (κ1) is 13.5. The molecule has 0 aliphatic heterocycles. The normalized spacial score (nSPS) is 10.9. The van der Waals surface area contributed by atoms with Gasteiger partial charge in [0.15, 0.2) is 15.5 Å². The molecule has 0 bridgehead atoms. The number of aromatic amines is 1. The number of hydrogen-bond donors (Lipinski definition) is 1. The Morgan fingerprint density at radius 2 is 2.05 bits per heavy atom. The van der Waals surface area contributed by atoms with Crippen LogP contribution in [0.3, 0.4) is 0 Å². The first-order valence-corrected chi connectivity index (χ1v) is 7.13. The molecule has 1 N–H and O–H groups in total. The van der Waals surface area contributed by atoms with E-state index in [1.165, 1.54) is 11.8 Å². The molecule has 0 aliphatic rings. The number of benzene rings is 1. The van der Waals surface area contributed by atoms with E-state index in [2.05, 4.69) is 20.2 Å². The maximum Gasteiger partial charge on any atom is 0.171 e. The molecule has 0 atom stereocenters. The van der Waals surface area contributed by atoms with Crippen LogP contribution in [0.2, 0.25) is 10.3 Å². The van der Waals surface area contributed by atoms with Gasteiger partial charge in [-0.25, -0.2) is 4.98 Å². The summed E-state index contributed by atoms with van der Waals surface area (Å²) in [6.07, 6.45) is 0. The molecular weight excluding hydrogens is 319 g/mol. The largest absolute Gasteiger partial charge is 0.497 e. The molecule has 1 aromatic carbocycles. The summed E-state index contributed by atoms with van der Waals surface area (Å²) >= 11 is 13.1. The molecule has 102 valence electrons. The molecule has 2 aromatic heterocycles. The summed E-state index contributed by atoms with van der Waals surface area (Å²) in [5.74, 6) is 0.768. The minimum absolute atomic E-state index is 0.287. The Balaban J connectivity index is 1.96. The van der Waals surface area contributed by atoms with Crippen LogP contribution in [0.5, 0.6) is 5.75 Å². The van der Waals surface area contributed by atoms with Gasteiger partial charge in [0.2, 0.25) is 0 Å². The van der Waals surface area contributed by atoms with Gasteiger partial charge in [-0.15, -0.1) is 10.2 Å². The highest BCUT2D eigenvalue weighted by atomic mass is 35.5. The third-order valence-electron chi connectivity index (χ3n) is 2.56. The van der Waals surface area contributed by atoms with Gasteiger partial charge in [-0.05, 0) is 30.0 Å². The summed E-state index contributed by atoms with van der Waals surface area (Å²) in [6, 6.07) is 7.27. The molecular formula is C12H8Cl2N4OS. The van der Waals surface area contributed by atoms with Crippen LogP contribution in [0.4, 0.5) is 0 Å². The SMILES string of the molecule is COc1ccc2nc(Sc3cc(Cl)nnc3Cl)[nH]c2c1. The number of fused-ring (bicyclic) bond motifs is 1. The van der Waals surface area contributed by atoms with Gasteiger partial charge >= 0.3 is 0 Å². The van der Waals surface area contributed by atoms with E-state index in [1.54, 1.807) is 13.2 Å². The van der Waals surface area contributed by atoms with Gasteiger partial charge in [-0.3, -0.25) is 0 Å². The van der Waals surface area contributed by atoms with Crippen molar-refractivity contribution in [2.45, 2.75) is 10.1 Å². The number of aromatic nitrogens is 4. The Morgan fingerprint density at radius 1 is 1.20 bits per heavy atom. The quantitative estimate of drug-likeness (QED) is 0.792. The van der Waals surface area contributed by atoms with Crippen molar-refractivity contribution in [2.75, 3.05) is 7.11 Å². The second-order valence-corrected chi connectivity index (χ2v) is 5.63. The average molecular weight is 327 g/mol. The molecule has 0 radical (unpaired) electrons. The molecule has 5 nitrogen and oxygen atoms in total. The molecule has 0 saturated carbocycles. The second kappa shape index (κ2) is 5.47. The highest BCUT2D eigenvalue weighted by molar-refractivity contribution is 7.99. The summed E-state index contributed by atoms with van der Waals surface area (Å²) in [5.41, 5.74) is 1.73. The van der Waals surface area contributed by atoms with Crippen molar-refractivity contribution < 1.29 is 4.74 Å². The minimum atomic E-state index is 0.287. The maximum absolute atomic E-state index is 5.98. The predicted octanol–water partition coefficient (Wildman–Crippen LogP) is 3.82. The van der Waals surface area contributed by atoms with Crippen molar-refractivity contribution >= 4 is 46.0 Å². The van der Waals surface area contributed by atoms with E-state index in [1.807, 2.05) is 18.2 Å². The van der Waals surface area contributed by atoms with Gasteiger partial charge in [0, 0.05) is 6.07 Å². The van der Waals surface area contributed by atoms with Crippen molar-refractivity contribution in [3.8, 4) is 5.75 Å². The van der Waals surface area contributed by atoms with Crippen molar-refractivity contribution in [1.82, 2.24) is 20.2 Å². The number of rotatable bonds is 3. The molecule has 0 aliphatic carbocycles. The van der Waals surface area contributed by atoms with Crippen molar-refractivity contribution in [3.05, 3.63) is 34.6 Å². The molecule has 0 amide bonds. The molecule has 0 spiro atoms. The molecule has 8 heteroatoms. The topological polar surface area (TPSA) is 63.7 Å². The standard InChI is InChI=1S/C12H8Cl2N4OS/c1-19-6-2-3-7-8(4-6)16-12(15-7)20-9-5-10(13)17-18-11(9)14/h2-5H,1H3,(H,15,16).